The molecule has 4 saturated carbocycles. The van der Waals surface area contributed by atoms with Crippen LogP contribution in [0.25, 0.3) is 0 Å². The van der Waals surface area contributed by atoms with E-state index in [0.29, 0.717) is 17.7 Å². The smallest absolute Gasteiger partial charge is 0.0813 e. The van der Waals surface area contributed by atoms with Crippen molar-refractivity contribution >= 4 is 0 Å². The van der Waals surface area contributed by atoms with Gasteiger partial charge in [-0.3, -0.25) is 0 Å². The number of hydrogen-bond acceptors (Lipinski definition) is 3. The molecular weight excluding hydrogens is 250 g/mol. The molecule has 6 rings (SSSR count). The SMILES string of the molecule is CNC12CC3CC(C1)C(CC1CO1)C(C3)C2CC1CO1. The van der Waals surface area contributed by atoms with Crippen molar-refractivity contribution in [2.24, 2.45) is 29.6 Å². The average molecular weight is 277 g/mol. The molecule has 3 heteroatoms. The Morgan fingerprint density at radius 3 is 2.50 bits per heavy atom. The highest BCUT2D eigenvalue weighted by atomic mass is 16.6. The first-order chi connectivity index (χ1) is 9.77. The lowest BCUT2D eigenvalue weighted by Crippen LogP contribution is -2.66. The summed E-state index contributed by atoms with van der Waals surface area (Å²) >= 11 is 0. The van der Waals surface area contributed by atoms with Crippen molar-refractivity contribution in [2.75, 3.05) is 20.3 Å². The molecule has 0 spiro atoms. The molecule has 0 aromatic heterocycles. The number of hydrogen-bond donors (Lipinski definition) is 1. The van der Waals surface area contributed by atoms with Crippen LogP contribution in [-0.2, 0) is 9.47 Å². The molecule has 4 bridgehead atoms. The summed E-state index contributed by atoms with van der Waals surface area (Å²) in [5.41, 5.74) is 0.448. The molecule has 0 amide bonds. The monoisotopic (exact) mass is 277 g/mol. The van der Waals surface area contributed by atoms with E-state index in [0.717, 1.165) is 42.8 Å². The summed E-state index contributed by atoms with van der Waals surface area (Å²) in [4.78, 5) is 0. The molecular formula is C17H27NO2. The summed E-state index contributed by atoms with van der Waals surface area (Å²) in [6, 6.07) is 0. The molecule has 112 valence electrons. The summed E-state index contributed by atoms with van der Waals surface area (Å²) in [5, 5.41) is 3.80. The second-order valence-electron chi connectivity index (χ2n) is 8.23. The Labute approximate surface area is 121 Å². The molecule has 2 heterocycles. The highest BCUT2D eigenvalue weighted by Gasteiger charge is 2.61. The summed E-state index contributed by atoms with van der Waals surface area (Å²) < 4.78 is 11.1. The second kappa shape index (κ2) is 4.21. The molecule has 8 atom stereocenters. The van der Waals surface area contributed by atoms with Crippen molar-refractivity contribution in [3.8, 4) is 0 Å². The largest absolute Gasteiger partial charge is 0.373 e. The van der Waals surface area contributed by atoms with Crippen molar-refractivity contribution < 1.29 is 9.47 Å². The predicted molar refractivity (Wildman–Crippen MR) is 76.4 cm³/mol. The van der Waals surface area contributed by atoms with Gasteiger partial charge in [-0.1, -0.05) is 0 Å². The van der Waals surface area contributed by atoms with Gasteiger partial charge in [0.05, 0.1) is 25.4 Å². The van der Waals surface area contributed by atoms with Gasteiger partial charge in [0.25, 0.3) is 0 Å². The van der Waals surface area contributed by atoms with Gasteiger partial charge in [-0.15, -0.1) is 0 Å². The van der Waals surface area contributed by atoms with E-state index in [-0.39, 0.29) is 0 Å². The quantitative estimate of drug-likeness (QED) is 0.783. The molecule has 8 unspecified atom stereocenters. The van der Waals surface area contributed by atoms with Gasteiger partial charge >= 0.3 is 0 Å². The number of rotatable bonds is 5. The van der Waals surface area contributed by atoms with E-state index in [1.54, 1.807) is 0 Å². The van der Waals surface area contributed by atoms with Crippen molar-refractivity contribution in [1.82, 2.24) is 5.32 Å². The molecule has 0 aromatic rings. The van der Waals surface area contributed by atoms with Crippen molar-refractivity contribution in [3.63, 3.8) is 0 Å². The highest BCUT2D eigenvalue weighted by molar-refractivity contribution is 5.14. The maximum Gasteiger partial charge on any atom is 0.0813 e. The summed E-state index contributed by atoms with van der Waals surface area (Å²) in [7, 11) is 2.22. The van der Waals surface area contributed by atoms with E-state index in [9.17, 15) is 0 Å². The maximum atomic E-state index is 5.58. The molecule has 1 N–H and O–H groups in total. The number of nitrogens with one attached hydrogen (secondary N) is 1. The van der Waals surface area contributed by atoms with Crippen molar-refractivity contribution in [3.05, 3.63) is 0 Å². The third-order valence-electron chi connectivity index (χ3n) is 7.26. The first kappa shape index (κ1) is 12.4. The van der Waals surface area contributed by atoms with Crippen LogP contribution in [0.2, 0.25) is 0 Å². The van der Waals surface area contributed by atoms with Crippen LogP contribution >= 0.6 is 0 Å². The summed E-state index contributed by atoms with van der Waals surface area (Å²) in [6.45, 7) is 2.05. The summed E-state index contributed by atoms with van der Waals surface area (Å²) in [6.07, 6.45) is 9.71. The fourth-order valence-electron chi connectivity index (χ4n) is 6.40. The molecule has 0 radical (unpaired) electrons. The highest BCUT2D eigenvalue weighted by Crippen LogP contribution is 2.63. The van der Waals surface area contributed by atoms with Gasteiger partial charge in [0.1, 0.15) is 0 Å². The van der Waals surface area contributed by atoms with Gasteiger partial charge in [0.2, 0.25) is 0 Å². The molecule has 6 aliphatic rings. The third kappa shape index (κ3) is 1.82. The minimum absolute atomic E-state index is 0.448. The van der Waals surface area contributed by atoms with Crippen LogP contribution in [0, 0.1) is 29.6 Å². The van der Waals surface area contributed by atoms with Crippen LogP contribution in [0.1, 0.15) is 38.5 Å². The first-order valence-electron chi connectivity index (χ1n) is 8.69. The third-order valence-corrected chi connectivity index (χ3v) is 7.26. The van der Waals surface area contributed by atoms with E-state index >= 15 is 0 Å². The van der Waals surface area contributed by atoms with Gasteiger partial charge in [-0.2, -0.15) is 0 Å². The van der Waals surface area contributed by atoms with Crippen molar-refractivity contribution in [1.29, 1.82) is 0 Å². The molecule has 0 aromatic carbocycles. The fourth-order valence-corrected chi connectivity index (χ4v) is 6.40. The molecule has 4 aliphatic carbocycles. The Balaban J connectivity index is 1.44. The molecule has 2 aliphatic heterocycles. The Hall–Kier alpha value is -0.120. The predicted octanol–water partition coefficient (Wildman–Crippen LogP) is 2.20. The topological polar surface area (TPSA) is 37.1 Å². The standard InChI is InChI=1S/C17H27NO2/c1-18-17-6-10-2-11(7-17)14(4-12-8-19-12)15(3-10)16(17)5-13-9-20-13/h10-16,18H,2-9H2,1H3. The van der Waals surface area contributed by atoms with E-state index in [4.69, 9.17) is 9.47 Å². The minimum atomic E-state index is 0.448. The Kier molecular flexibility index (Phi) is 2.61. The zero-order valence-corrected chi connectivity index (χ0v) is 12.5. The Bertz CT molecular complexity index is 406. The minimum Gasteiger partial charge on any atom is -0.373 e. The maximum absolute atomic E-state index is 5.58. The van der Waals surface area contributed by atoms with Gasteiger partial charge in [0, 0.05) is 5.54 Å². The van der Waals surface area contributed by atoms with E-state index in [1.165, 1.54) is 38.5 Å². The van der Waals surface area contributed by atoms with Gasteiger partial charge in [-0.05, 0) is 75.2 Å². The van der Waals surface area contributed by atoms with Gasteiger partial charge in [0.15, 0.2) is 0 Å². The van der Waals surface area contributed by atoms with Crippen LogP contribution in [0.15, 0.2) is 0 Å². The van der Waals surface area contributed by atoms with Crippen LogP contribution in [0.5, 0.6) is 0 Å². The van der Waals surface area contributed by atoms with Crippen LogP contribution in [0.4, 0.5) is 0 Å². The van der Waals surface area contributed by atoms with E-state index in [1.807, 2.05) is 0 Å². The van der Waals surface area contributed by atoms with E-state index < -0.39 is 0 Å². The summed E-state index contributed by atoms with van der Waals surface area (Å²) in [5.74, 6) is 4.72. The lowest BCUT2D eigenvalue weighted by atomic mass is 9.43. The Morgan fingerprint density at radius 1 is 1.05 bits per heavy atom. The zero-order valence-electron chi connectivity index (χ0n) is 12.5. The lowest BCUT2D eigenvalue weighted by Gasteiger charge is -2.64. The van der Waals surface area contributed by atoms with Crippen LogP contribution < -0.4 is 5.32 Å². The molecule has 2 saturated heterocycles. The average Bonchev–Trinajstić information content (AvgIpc) is 3.33. The van der Waals surface area contributed by atoms with Gasteiger partial charge in [-0.25, -0.2) is 0 Å². The molecule has 3 nitrogen and oxygen atoms in total. The normalized spacial score (nSPS) is 59.0. The second-order valence-corrected chi connectivity index (χ2v) is 8.23. The van der Waals surface area contributed by atoms with Gasteiger partial charge < -0.3 is 14.8 Å². The number of ether oxygens (including phenoxy) is 2. The zero-order chi connectivity index (χ0) is 13.3. The van der Waals surface area contributed by atoms with Crippen LogP contribution in [-0.4, -0.2) is 38.0 Å². The Morgan fingerprint density at radius 2 is 1.80 bits per heavy atom. The fraction of sp³-hybridized carbons (Fsp3) is 1.00. The molecule has 6 fully saturated rings. The van der Waals surface area contributed by atoms with Crippen molar-refractivity contribution in [2.45, 2.75) is 56.3 Å². The molecule has 20 heavy (non-hydrogen) atoms. The number of epoxide rings is 2. The lowest BCUT2D eigenvalue weighted by molar-refractivity contribution is -0.120. The van der Waals surface area contributed by atoms with E-state index in [2.05, 4.69) is 12.4 Å². The van der Waals surface area contributed by atoms with Crippen LogP contribution in [0.3, 0.4) is 0 Å². The first-order valence-corrected chi connectivity index (χ1v) is 8.69.